The number of furan rings is 1. The van der Waals surface area contributed by atoms with Crippen LogP contribution in [0.25, 0.3) is 0 Å². The molecule has 0 spiro atoms. The van der Waals surface area contributed by atoms with Crippen molar-refractivity contribution in [2.24, 2.45) is 0 Å². The van der Waals surface area contributed by atoms with E-state index in [0.29, 0.717) is 0 Å². The van der Waals surface area contributed by atoms with Gasteiger partial charge in [-0.25, -0.2) is 0 Å². The highest BCUT2D eigenvalue weighted by Crippen LogP contribution is 2.26. The SMILES string of the molecule is Cc1ccc(CNCc2cc(Br)c(Br)o2)cc1. The number of nitrogens with one attached hydrogen (secondary N) is 1. The van der Waals surface area contributed by atoms with Crippen LogP contribution in [0.3, 0.4) is 0 Å². The van der Waals surface area contributed by atoms with Crippen molar-refractivity contribution in [1.82, 2.24) is 5.32 Å². The van der Waals surface area contributed by atoms with Crippen LogP contribution in [0.15, 0.2) is 43.9 Å². The van der Waals surface area contributed by atoms with Gasteiger partial charge in [0.15, 0.2) is 4.67 Å². The predicted octanol–water partition coefficient (Wildman–Crippen LogP) is 4.40. The molecular weight excluding hydrogens is 346 g/mol. The van der Waals surface area contributed by atoms with Crippen molar-refractivity contribution in [2.75, 3.05) is 0 Å². The Bertz CT molecular complexity index is 471. The van der Waals surface area contributed by atoms with Crippen LogP contribution in [-0.2, 0) is 13.1 Å². The van der Waals surface area contributed by atoms with Crippen molar-refractivity contribution in [1.29, 1.82) is 0 Å². The van der Waals surface area contributed by atoms with Crippen molar-refractivity contribution in [3.63, 3.8) is 0 Å². The van der Waals surface area contributed by atoms with Gasteiger partial charge in [-0.05, 0) is 50.4 Å². The van der Waals surface area contributed by atoms with Gasteiger partial charge in [0, 0.05) is 6.54 Å². The summed E-state index contributed by atoms with van der Waals surface area (Å²) in [6.45, 7) is 3.66. The van der Waals surface area contributed by atoms with Crippen LogP contribution in [0.4, 0.5) is 0 Å². The summed E-state index contributed by atoms with van der Waals surface area (Å²) in [5.41, 5.74) is 2.56. The molecule has 0 bridgehead atoms. The molecule has 0 amide bonds. The van der Waals surface area contributed by atoms with E-state index in [-0.39, 0.29) is 0 Å². The van der Waals surface area contributed by atoms with Gasteiger partial charge in [0.25, 0.3) is 0 Å². The number of halogens is 2. The Hall–Kier alpha value is -0.580. The van der Waals surface area contributed by atoms with Gasteiger partial charge < -0.3 is 9.73 Å². The summed E-state index contributed by atoms with van der Waals surface area (Å²) < 4.78 is 7.17. The molecule has 1 heterocycles. The molecule has 1 N–H and O–H groups in total. The van der Waals surface area contributed by atoms with Gasteiger partial charge in [0.1, 0.15) is 5.76 Å². The van der Waals surface area contributed by atoms with E-state index in [1.165, 1.54) is 11.1 Å². The lowest BCUT2D eigenvalue weighted by Gasteiger charge is -2.03. The van der Waals surface area contributed by atoms with E-state index in [0.717, 1.165) is 28.0 Å². The van der Waals surface area contributed by atoms with E-state index in [1.54, 1.807) is 0 Å². The summed E-state index contributed by atoms with van der Waals surface area (Å²) in [5, 5.41) is 3.34. The van der Waals surface area contributed by atoms with E-state index in [1.807, 2.05) is 6.07 Å². The molecule has 2 rings (SSSR count). The highest BCUT2D eigenvalue weighted by atomic mass is 79.9. The van der Waals surface area contributed by atoms with Gasteiger partial charge in [-0.2, -0.15) is 0 Å². The summed E-state index contributed by atoms with van der Waals surface area (Å²) in [6, 6.07) is 10.5. The maximum atomic E-state index is 5.48. The fourth-order valence-electron chi connectivity index (χ4n) is 1.51. The molecule has 1 aromatic heterocycles. The molecule has 4 heteroatoms. The Labute approximate surface area is 118 Å². The van der Waals surface area contributed by atoms with Gasteiger partial charge >= 0.3 is 0 Å². The van der Waals surface area contributed by atoms with Crippen LogP contribution in [0.1, 0.15) is 16.9 Å². The first kappa shape index (κ1) is 12.9. The lowest BCUT2D eigenvalue weighted by atomic mass is 10.1. The van der Waals surface area contributed by atoms with Crippen LogP contribution in [0.5, 0.6) is 0 Å². The van der Waals surface area contributed by atoms with Crippen LogP contribution in [0.2, 0.25) is 0 Å². The van der Waals surface area contributed by atoms with E-state index in [4.69, 9.17) is 4.42 Å². The van der Waals surface area contributed by atoms with Crippen LogP contribution in [0, 0.1) is 6.92 Å². The molecule has 2 aromatic rings. The lowest BCUT2D eigenvalue weighted by Crippen LogP contribution is -2.11. The van der Waals surface area contributed by atoms with Gasteiger partial charge in [-0.3, -0.25) is 0 Å². The first-order valence-electron chi connectivity index (χ1n) is 5.35. The minimum absolute atomic E-state index is 0.720. The molecule has 0 aliphatic rings. The number of benzene rings is 1. The topological polar surface area (TPSA) is 25.2 Å². The minimum Gasteiger partial charge on any atom is -0.452 e. The van der Waals surface area contributed by atoms with Crippen molar-refractivity contribution < 1.29 is 4.42 Å². The summed E-state index contributed by atoms with van der Waals surface area (Å²) in [7, 11) is 0. The second kappa shape index (κ2) is 5.85. The smallest absolute Gasteiger partial charge is 0.183 e. The Balaban J connectivity index is 1.85. The van der Waals surface area contributed by atoms with Crippen molar-refractivity contribution in [3.05, 3.63) is 56.4 Å². The maximum absolute atomic E-state index is 5.48. The average Bonchev–Trinajstić information content (AvgIpc) is 2.61. The highest BCUT2D eigenvalue weighted by molar-refractivity contribution is 9.13. The Morgan fingerprint density at radius 3 is 2.41 bits per heavy atom. The average molecular weight is 359 g/mol. The molecule has 0 saturated heterocycles. The molecule has 0 saturated carbocycles. The fraction of sp³-hybridized carbons (Fsp3) is 0.231. The van der Waals surface area contributed by atoms with E-state index < -0.39 is 0 Å². The summed E-state index contributed by atoms with van der Waals surface area (Å²) in [5.74, 6) is 0.913. The molecule has 0 unspecified atom stereocenters. The second-order valence-electron chi connectivity index (χ2n) is 3.92. The zero-order chi connectivity index (χ0) is 12.3. The first-order valence-corrected chi connectivity index (χ1v) is 6.94. The summed E-state index contributed by atoms with van der Waals surface area (Å²) >= 11 is 6.71. The molecular formula is C13H13Br2NO. The number of hydrogen-bond donors (Lipinski definition) is 1. The standard InChI is InChI=1S/C13H13Br2NO/c1-9-2-4-10(5-3-9)7-16-8-11-6-12(14)13(15)17-11/h2-6,16H,7-8H2,1H3. The third-order valence-corrected chi connectivity index (χ3v) is 4.16. The molecule has 2 nitrogen and oxygen atoms in total. The van der Waals surface area contributed by atoms with Gasteiger partial charge in [-0.15, -0.1) is 0 Å². The molecule has 0 aliphatic heterocycles. The Kier molecular flexibility index (Phi) is 4.42. The first-order chi connectivity index (χ1) is 8.15. The molecule has 0 fully saturated rings. The monoisotopic (exact) mass is 357 g/mol. The highest BCUT2D eigenvalue weighted by Gasteiger charge is 2.05. The summed E-state index contributed by atoms with van der Waals surface area (Å²) in [6.07, 6.45) is 0. The largest absolute Gasteiger partial charge is 0.452 e. The second-order valence-corrected chi connectivity index (χ2v) is 5.50. The quantitative estimate of drug-likeness (QED) is 0.876. The molecule has 0 atom stereocenters. The molecule has 1 aromatic carbocycles. The number of rotatable bonds is 4. The van der Waals surface area contributed by atoms with Gasteiger partial charge in [0.05, 0.1) is 11.0 Å². The van der Waals surface area contributed by atoms with Crippen molar-refractivity contribution in [3.8, 4) is 0 Å². The van der Waals surface area contributed by atoms with Crippen LogP contribution < -0.4 is 5.32 Å². The molecule has 0 radical (unpaired) electrons. The molecule has 0 aliphatic carbocycles. The number of aryl methyl sites for hydroxylation is 1. The fourth-order valence-corrected chi connectivity index (χ4v) is 2.17. The van der Waals surface area contributed by atoms with Crippen LogP contribution >= 0.6 is 31.9 Å². The van der Waals surface area contributed by atoms with Crippen molar-refractivity contribution in [2.45, 2.75) is 20.0 Å². The van der Waals surface area contributed by atoms with E-state index in [2.05, 4.69) is 68.4 Å². The Morgan fingerprint density at radius 1 is 1.12 bits per heavy atom. The van der Waals surface area contributed by atoms with Crippen molar-refractivity contribution >= 4 is 31.9 Å². The lowest BCUT2D eigenvalue weighted by molar-refractivity contribution is 0.464. The zero-order valence-corrected chi connectivity index (χ0v) is 12.6. The van der Waals surface area contributed by atoms with Crippen LogP contribution in [-0.4, -0.2) is 0 Å². The Morgan fingerprint density at radius 2 is 1.82 bits per heavy atom. The van der Waals surface area contributed by atoms with Gasteiger partial charge in [0.2, 0.25) is 0 Å². The third-order valence-electron chi connectivity index (χ3n) is 2.45. The maximum Gasteiger partial charge on any atom is 0.183 e. The van der Waals surface area contributed by atoms with E-state index >= 15 is 0 Å². The van der Waals surface area contributed by atoms with E-state index in [9.17, 15) is 0 Å². The minimum atomic E-state index is 0.720. The molecule has 17 heavy (non-hydrogen) atoms. The van der Waals surface area contributed by atoms with Gasteiger partial charge in [-0.1, -0.05) is 29.8 Å². The zero-order valence-electron chi connectivity index (χ0n) is 9.47. The normalized spacial score (nSPS) is 10.8. The summed E-state index contributed by atoms with van der Waals surface area (Å²) in [4.78, 5) is 0. The molecule has 90 valence electrons. The number of hydrogen-bond acceptors (Lipinski definition) is 2. The third kappa shape index (κ3) is 3.69. The predicted molar refractivity (Wildman–Crippen MR) is 75.8 cm³/mol.